The molecule has 0 unspecified atom stereocenters. The predicted molar refractivity (Wildman–Crippen MR) is 98.5 cm³/mol. The molecule has 0 spiro atoms. The number of benzene rings is 2. The molecule has 1 N–H and O–H groups in total. The lowest BCUT2D eigenvalue weighted by atomic mass is 10.2. The normalized spacial score (nSPS) is 10.6. The molecule has 27 heavy (non-hydrogen) atoms. The molecular weight excluding hydrogens is 373 g/mol. The molecule has 0 saturated carbocycles. The van der Waals surface area contributed by atoms with E-state index < -0.39 is 22.3 Å². The number of thioether (sulfide) groups is 1. The van der Waals surface area contributed by atoms with Crippen LogP contribution >= 0.6 is 11.8 Å². The minimum atomic E-state index is -0.959. The van der Waals surface area contributed by atoms with Crippen molar-refractivity contribution in [3.05, 3.63) is 70.3 Å². The van der Waals surface area contributed by atoms with Crippen LogP contribution in [0.3, 0.4) is 0 Å². The first-order valence-electron chi connectivity index (χ1n) is 7.79. The van der Waals surface area contributed by atoms with Crippen molar-refractivity contribution in [1.29, 1.82) is 0 Å². The Morgan fingerprint density at radius 3 is 2.70 bits per heavy atom. The predicted octanol–water partition coefficient (Wildman–Crippen LogP) is 3.35. The van der Waals surface area contributed by atoms with Crippen molar-refractivity contribution in [3.8, 4) is 5.69 Å². The summed E-state index contributed by atoms with van der Waals surface area (Å²) in [5.74, 6) is -0.672. The van der Waals surface area contributed by atoms with Gasteiger partial charge >= 0.3 is 5.69 Å². The Morgan fingerprint density at radius 1 is 1.26 bits per heavy atom. The van der Waals surface area contributed by atoms with Crippen molar-refractivity contribution in [3.63, 3.8) is 0 Å². The molecule has 0 atom stereocenters. The van der Waals surface area contributed by atoms with E-state index in [9.17, 15) is 19.3 Å². The highest BCUT2D eigenvalue weighted by Gasteiger charge is 2.16. The lowest BCUT2D eigenvalue weighted by molar-refractivity contribution is -0.387. The lowest BCUT2D eigenvalue weighted by Gasteiger charge is -2.08. The van der Waals surface area contributed by atoms with Gasteiger partial charge < -0.3 is 5.32 Å². The zero-order valence-electron chi connectivity index (χ0n) is 14.1. The number of nitro benzene ring substituents is 1. The number of hydrogen-bond acceptors (Lipinski definition) is 6. The number of halogens is 1. The number of carbonyl (C=O) groups is 1. The number of anilines is 1. The first-order valence-corrected chi connectivity index (χ1v) is 8.78. The SMILES string of the molecule is Cc1nnc(SCC(=O)Nc2ccc(F)c([N+](=O)[O-])c2)n1-c1ccccc1. The summed E-state index contributed by atoms with van der Waals surface area (Å²) in [5.41, 5.74) is 0.325. The van der Waals surface area contributed by atoms with Gasteiger partial charge in [0.1, 0.15) is 5.82 Å². The number of carbonyl (C=O) groups excluding carboxylic acids is 1. The molecule has 1 amide bonds. The Bertz CT molecular complexity index is 993. The molecule has 0 bridgehead atoms. The molecule has 0 aliphatic carbocycles. The van der Waals surface area contributed by atoms with Crippen molar-refractivity contribution in [1.82, 2.24) is 14.8 Å². The van der Waals surface area contributed by atoms with Gasteiger partial charge in [-0.2, -0.15) is 4.39 Å². The number of amides is 1. The Balaban J connectivity index is 1.69. The zero-order valence-corrected chi connectivity index (χ0v) is 14.9. The van der Waals surface area contributed by atoms with E-state index in [-0.39, 0.29) is 11.4 Å². The van der Waals surface area contributed by atoms with E-state index in [0.717, 1.165) is 17.8 Å². The van der Waals surface area contributed by atoms with Crippen molar-refractivity contribution >= 4 is 29.0 Å². The van der Waals surface area contributed by atoms with E-state index in [2.05, 4.69) is 15.5 Å². The van der Waals surface area contributed by atoms with Crippen LogP contribution < -0.4 is 5.32 Å². The van der Waals surface area contributed by atoms with Crippen molar-refractivity contribution < 1.29 is 14.1 Å². The second-order valence-electron chi connectivity index (χ2n) is 5.46. The van der Waals surface area contributed by atoms with Gasteiger partial charge in [0.15, 0.2) is 5.16 Å². The molecule has 10 heteroatoms. The summed E-state index contributed by atoms with van der Waals surface area (Å²) in [7, 11) is 0. The van der Waals surface area contributed by atoms with E-state index in [1.165, 1.54) is 17.8 Å². The summed E-state index contributed by atoms with van der Waals surface area (Å²) < 4.78 is 15.2. The topological polar surface area (TPSA) is 103 Å². The summed E-state index contributed by atoms with van der Waals surface area (Å²) in [4.78, 5) is 22.1. The number of aromatic nitrogens is 3. The number of aryl methyl sites for hydroxylation is 1. The summed E-state index contributed by atoms with van der Waals surface area (Å²) in [6.45, 7) is 1.81. The van der Waals surface area contributed by atoms with Gasteiger partial charge in [0.05, 0.1) is 10.7 Å². The third-order valence-electron chi connectivity index (χ3n) is 3.57. The molecule has 0 aliphatic rings. The van der Waals surface area contributed by atoms with E-state index in [1.807, 2.05) is 41.8 Å². The third-order valence-corrected chi connectivity index (χ3v) is 4.50. The fourth-order valence-corrected chi connectivity index (χ4v) is 3.17. The number of rotatable bonds is 6. The molecule has 1 aromatic heterocycles. The average molecular weight is 387 g/mol. The molecule has 1 heterocycles. The minimum Gasteiger partial charge on any atom is -0.325 e. The maximum atomic E-state index is 13.4. The second kappa shape index (κ2) is 7.96. The molecule has 3 aromatic rings. The van der Waals surface area contributed by atoms with Gasteiger partial charge in [-0.15, -0.1) is 10.2 Å². The molecule has 0 fully saturated rings. The van der Waals surface area contributed by atoms with Crippen LogP contribution in [0.4, 0.5) is 15.8 Å². The van der Waals surface area contributed by atoms with Gasteiger partial charge in [-0.25, -0.2) is 0 Å². The maximum absolute atomic E-state index is 13.4. The van der Waals surface area contributed by atoms with Crippen LogP contribution in [0.15, 0.2) is 53.7 Å². The Morgan fingerprint density at radius 2 is 2.00 bits per heavy atom. The number of para-hydroxylation sites is 1. The highest BCUT2D eigenvalue weighted by atomic mass is 32.2. The number of nitrogens with one attached hydrogen (secondary N) is 1. The number of hydrogen-bond donors (Lipinski definition) is 1. The van der Waals surface area contributed by atoms with E-state index in [4.69, 9.17) is 0 Å². The molecule has 0 saturated heterocycles. The van der Waals surface area contributed by atoms with Crippen LogP contribution in [-0.2, 0) is 4.79 Å². The summed E-state index contributed by atoms with van der Waals surface area (Å²) >= 11 is 1.17. The molecule has 8 nitrogen and oxygen atoms in total. The Labute approximate surface area is 157 Å². The van der Waals surface area contributed by atoms with Gasteiger partial charge in [0.2, 0.25) is 11.7 Å². The zero-order chi connectivity index (χ0) is 19.4. The van der Waals surface area contributed by atoms with E-state index >= 15 is 0 Å². The second-order valence-corrected chi connectivity index (χ2v) is 6.40. The van der Waals surface area contributed by atoms with Crippen LogP contribution in [-0.4, -0.2) is 31.3 Å². The van der Waals surface area contributed by atoms with Gasteiger partial charge in [-0.05, 0) is 31.2 Å². The standard InChI is InChI=1S/C17H14FN5O3S/c1-11-20-21-17(22(11)13-5-3-2-4-6-13)27-10-16(24)19-12-7-8-14(18)15(9-12)23(25)26/h2-9H,10H2,1H3,(H,19,24). The number of nitro groups is 1. The van der Waals surface area contributed by atoms with E-state index in [1.54, 1.807) is 0 Å². The van der Waals surface area contributed by atoms with Crippen molar-refractivity contribution in [2.24, 2.45) is 0 Å². The van der Waals surface area contributed by atoms with E-state index in [0.29, 0.717) is 11.0 Å². The van der Waals surface area contributed by atoms with Gasteiger partial charge in [-0.3, -0.25) is 19.5 Å². The summed E-state index contributed by atoms with van der Waals surface area (Å²) in [6, 6.07) is 12.7. The summed E-state index contributed by atoms with van der Waals surface area (Å²) in [6.07, 6.45) is 0. The molecule has 0 aliphatic heterocycles. The number of nitrogens with zero attached hydrogens (tertiary/aromatic N) is 4. The molecule has 138 valence electrons. The van der Waals surface area contributed by atoms with Crippen molar-refractivity contribution in [2.75, 3.05) is 11.1 Å². The maximum Gasteiger partial charge on any atom is 0.306 e. The van der Waals surface area contributed by atoms with Crippen LogP contribution in [0.2, 0.25) is 0 Å². The minimum absolute atomic E-state index is 0.0101. The third kappa shape index (κ3) is 4.29. The lowest BCUT2D eigenvalue weighted by Crippen LogP contribution is -2.15. The van der Waals surface area contributed by atoms with Crippen LogP contribution in [0.1, 0.15) is 5.82 Å². The first kappa shape index (κ1) is 18.5. The monoisotopic (exact) mass is 387 g/mol. The first-order chi connectivity index (χ1) is 13.0. The average Bonchev–Trinajstić information content (AvgIpc) is 3.02. The van der Waals surface area contributed by atoms with Crippen LogP contribution in [0.5, 0.6) is 0 Å². The van der Waals surface area contributed by atoms with Gasteiger partial charge in [0, 0.05) is 17.4 Å². The smallest absolute Gasteiger partial charge is 0.306 e. The molecule has 3 rings (SSSR count). The highest BCUT2D eigenvalue weighted by Crippen LogP contribution is 2.24. The fraction of sp³-hybridized carbons (Fsp3) is 0.118. The van der Waals surface area contributed by atoms with Gasteiger partial charge in [-0.1, -0.05) is 30.0 Å². The fourth-order valence-electron chi connectivity index (χ4n) is 2.37. The molecule has 0 radical (unpaired) electrons. The van der Waals surface area contributed by atoms with Crippen LogP contribution in [0.25, 0.3) is 5.69 Å². The largest absolute Gasteiger partial charge is 0.325 e. The summed E-state index contributed by atoms with van der Waals surface area (Å²) in [5, 5.41) is 21.9. The van der Waals surface area contributed by atoms with Crippen molar-refractivity contribution in [2.45, 2.75) is 12.1 Å². The van der Waals surface area contributed by atoms with Crippen LogP contribution in [0, 0.1) is 22.9 Å². The Hall–Kier alpha value is -3.27. The Kier molecular flexibility index (Phi) is 5.46. The molecule has 2 aromatic carbocycles. The van der Waals surface area contributed by atoms with Gasteiger partial charge in [0.25, 0.3) is 0 Å². The quantitative estimate of drug-likeness (QED) is 0.395. The molecular formula is C17H14FN5O3S. The highest BCUT2D eigenvalue weighted by molar-refractivity contribution is 7.99.